The summed E-state index contributed by atoms with van der Waals surface area (Å²) in [5.74, 6) is -0.620. The lowest BCUT2D eigenvalue weighted by Crippen LogP contribution is -2.45. The maximum Gasteiger partial charge on any atom is 0.417 e. The number of aromatic nitrogens is 1. The molecule has 0 unspecified atom stereocenters. The first-order valence-corrected chi connectivity index (χ1v) is 6.33. The minimum atomic E-state index is -4.63. The second-order valence-corrected chi connectivity index (χ2v) is 5.42. The van der Waals surface area contributed by atoms with Gasteiger partial charge in [0.05, 0.1) is 11.1 Å². The Morgan fingerprint density at radius 2 is 1.86 bits per heavy atom. The summed E-state index contributed by atoms with van der Waals surface area (Å²) in [5.41, 5.74) is 2.66. The number of anilines is 1. The molecule has 0 saturated heterocycles. The van der Waals surface area contributed by atoms with Crippen LogP contribution < -0.4 is 16.6 Å². The van der Waals surface area contributed by atoms with Crippen molar-refractivity contribution in [2.45, 2.75) is 25.6 Å². The van der Waals surface area contributed by atoms with Crippen molar-refractivity contribution in [3.05, 3.63) is 40.2 Å². The fraction of sp³-hybridized carbons (Fsp3) is 0.286. The van der Waals surface area contributed by atoms with Crippen LogP contribution >= 0.6 is 0 Å². The van der Waals surface area contributed by atoms with Crippen molar-refractivity contribution in [3.8, 4) is 0 Å². The molecule has 1 heterocycles. The van der Waals surface area contributed by atoms with Crippen LogP contribution in [0.2, 0.25) is 0 Å². The van der Waals surface area contributed by atoms with Gasteiger partial charge in [0.15, 0.2) is 0 Å². The van der Waals surface area contributed by atoms with E-state index in [4.69, 9.17) is 5.73 Å². The predicted molar refractivity (Wildman–Crippen MR) is 76.5 cm³/mol. The number of nitrogens with two attached hydrogens (primary N) is 1. The number of halogens is 3. The van der Waals surface area contributed by atoms with Gasteiger partial charge in [0.2, 0.25) is 11.5 Å². The van der Waals surface area contributed by atoms with Gasteiger partial charge in [-0.1, -0.05) is 6.07 Å². The molecule has 0 aliphatic rings. The average Bonchev–Trinajstić information content (AvgIpc) is 2.35. The van der Waals surface area contributed by atoms with E-state index in [9.17, 15) is 22.8 Å². The third-order valence-corrected chi connectivity index (χ3v) is 3.22. The normalized spacial score (nSPS) is 12.4. The highest BCUT2D eigenvalue weighted by atomic mass is 19.4. The summed E-state index contributed by atoms with van der Waals surface area (Å²) in [4.78, 5) is 25.0. The second kappa shape index (κ2) is 5.04. The molecule has 0 saturated carbocycles. The van der Waals surface area contributed by atoms with Crippen molar-refractivity contribution in [2.75, 3.05) is 5.32 Å². The summed E-state index contributed by atoms with van der Waals surface area (Å²) in [6.07, 6.45) is -4.63. The number of aromatic amines is 1. The van der Waals surface area contributed by atoms with E-state index < -0.39 is 28.7 Å². The topological polar surface area (TPSA) is 88.0 Å². The number of benzene rings is 1. The molecule has 8 heteroatoms. The molecule has 0 aliphatic heterocycles. The molecule has 0 fully saturated rings. The van der Waals surface area contributed by atoms with Gasteiger partial charge in [0.25, 0.3) is 0 Å². The van der Waals surface area contributed by atoms with E-state index in [0.29, 0.717) is 11.8 Å². The zero-order chi connectivity index (χ0) is 16.7. The Hall–Kier alpha value is -2.51. The summed E-state index contributed by atoms with van der Waals surface area (Å²) < 4.78 is 38.8. The van der Waals surface area contributed by atoms with Gasteiger partial charge in [-0.3, -0.25) is 9.59 Å². The molecule has 5 nitrogen and oxygen atoms in total. The molecule has 0 radical (unpaired) electrons. The number of nitrogens with one attached hydrogen (secondary N) is 2. The molecule has 0 atom stereocenters. The van der Waals surface area contributed by atoms with E-state index in [-0.39, 0.29) is 10.9 Å². The summed E-state index contributed by atoms with van der Waals surface area (Å²) in [5, 5.41) is 2.68. The molecule has 0 spiro atoms. The summed E-state index contributed by atoms with van der Waals surface area (Å²) in [7, 11) is 0. The van der Waals surface area contributed by atoms with E-state index in [1.54, 1.807) is 0 Å². The predicted octanol–water partition coefficient (Wildman–Crippen LogP) is 2.22. The molecule has 0 bridgehead atoms. The lowest BCUT2D eigenvalue weighted by Gasteiger charge is -2.24. The molecule has 2 aromatic rings. The van der Waals surface area contributed by atoms with Gasteiger partial charge < -0.3 is 16.0 Å². The standard InChI is InChI=1S/C14H14F3N3O2/c1-13(2,12(18)22)20-7-3-4-8-9(14(15,16)17)6-11(21)19-10(8)5-7/h3-6,20H,1-2H3,(H2,18,22)(H,19,21). The highest BCUT2D eigenvalue weighted by molar-refractivity contribution is 5.89. The Kier molecular flexibility index (Phi) is 3.64. The Labute approximate surface area is 123 Å². The third kappa shape index (κ3) is 3.05. The number of amides is 1. The van der Waals surface area contributed by atoms with E-state index in [0.717, 1.165) is 0 Å². The fourth-order valence-corrected chi connectivity index (χ4v) is 1.99. The molecular weight excluding hydrogens is 299 g/mol. The zero-order valence-corrected chi connectivity index (χ0v) is 11.8. The fourth-order valence-electron chi connectivity index (χ4n) is 1.99. The molecule has 118 valence electrons. The number of primary amides is 1. The SMILES string of the molecule is CC(C)(Nc1ccc2c(C(F)(F)F)cc(=O)[nH]c2c1)C(N)=O. The van der Waals surface area contributed by atoms with Crippen LogP contribution in [0, 0.1) is 0 Å². The van der Waals surface area contributed by atoms with Crippen molar-refractivity contribution in [2.24, 2.45) is 5.73 Å². The number of hydrogen-bond donors (Lipinski definition) is 3. The van der Waals surface area contributed by atoms with E-state index in [2.05, 4.69) is 10.3 Å². The van der Waals surface area contributed by atoms with Crippen LogP contribution in [0.15, 0.2) is 29.1 Å². The number of H-pyrrole nitrogens is 1. The molecule has 1 aromatic carbocycles. The van der Waals surface area contributed by atoms with Gasteiger partial charge in [-0.25, -0.2) is 0 Å². The summed E-state index contributed by atoms with van der Waals surface area (Å²) in [6.45, 7) is 3.07. The number of fused-ring (bicyclic) bond motifs is 1. The van der Waals surface area contributed by atoms with Crippen LogP contribution in [0.25, 0.3) is 10.9 Å². The van der Waals surface area contributed by atoms with Crippen molar-refractivity contribution >= 4 is 22.5 Å². The third-order valence-electron chi connectivity index (χ3n) is 3.22. The average molecular weight is 313 g/mol. The van der Waals surface area contributed by atoms with E-state index in [1.807, 2.05) is 0 Å². The molecule has 0 aliphatic carbocycles. The van der Waals surface area contributed by atoms with Crippen LogP contribution in [0.5, 0.6) is 0 Å². The molecule has 1 aromatic heterocycles. The molecule has 2 rings (SSSR count). The van der Waals surface area contributed by atoms with Crippen LogP contribution in [-0.4, -0.2) is 16.4 Å². The zero-order valence-electron chi connectivity index (χ0n) is 11.8. The molecular formula is C14H14F3N3O2. The van der Waals surface area contributed by atoms with Crippen LogP contribution in [0.3, 0.4) is 0 Å². The number of pyridine rings is 1. The van der Waals surface area contributed by atoms with E-state index >= 15 is 0 Å². The second-order valence-electron chi connectivity index (χ2n) is 5.42. The van der Waals surface area contributed by atoms with Crippen molar-refractivity contribution < 1.29 is 18.0 Å². The first kappa shape index (κ1) is 15.9. The smallest absolute Gasteiger partial charge is 0.372 e. The number of rotatable bonds is 3. The Bertz CT molecular complexity index is 794. The van der Waals surface area contributed by atoms with Gasteiger partial charge in [-0.2, -0.15) is 13.2 Å². The molecule has 4 N–H and O–H groups in total. The first-order chi connectivity index (χ1) is 10.0. The minimum Gasteiger partial charge on any atom is -0.372 e. The lowest BCUT2D eigenvalue weighted by atomic mass is 10.0. The Balaban J connectivity index is 2.57. The van der Waals surface area contributed by atoms with Crippen molar-refractivity contribution in [3.63, 3.8) is 0 Å². The molecule has 22 heavy (non-hydrogen) atoms. The number of alkyl halides is 3. The monoisotopic (exact) mass is 313 g/mol. The Morgan fingerprint density at radius 1 is 1.23 bits per heavy atom. The van der Waals surface area contributed by atoms with Crippen molar-refractivity contribution in [1.82, 2.24) is 4.98 Å². The highest BCUT2D eigenvalue weighted by Gasteiger charge is 2.33. The largest absolute Gasteiger partial charge is 0.417 e. The highest BCUT2D eigenvalue weighted by Crippen LogP contribution is 2.34. The lowest BCUT2D eigenvalue weighted by molar-refractivity contribution is -0.136. The number of carbonyl (C=O) groups is 1. The molecule has 1 amide bonds. The first-order valence-electron chi connectivity index (χ1n) is 6.33. The maximum absolute atomic E-state index is 12.9. The van der Waals surface area contributed by atoms with Crippen LogP contribution in [0.4, 0.5) is 18.9 Å². The van der Waals surface area contributed by atoms with Gasteiger partial charge in [0, 0.05) is 17.1 Å². The van der Waals surface area contributed by atoms with Gasteiger partial charge in [0.1, 0.15) is 5.54 Å². The van der Waals surface area contributed by atoms with Crippen molar-refractivity contribution in [1.29, 1.82) is 0 Å². The Morgan fingerprint density at radius 3 is 2.41 bits per heavy atom. The summed E-state index contributed by atoms with van der Waals surface area (Å²) >= 11 is 0. The van der Waals surface area contributed by atoms with Gasteiger partial charge in [-0.05, 0) is 26.0 Å². The van der Waals surface area contributed by atoms with Crippen LogP contribution in [-0.2, 0) is 11.0 Å². The van der Waals surface area contributed by atoms with E-state index in [1.165, 1.54) is 32.0 Å². The number of carbonyl (C=O) groups excluding carboxylic acids is 1. The minimum absolute atomic E-state index is 0.0186. The van der Waals surface area contributed by atoms with Gasteiger partial charge in [-0.15, -0.1) is 0 Å². The maximum atomic E-state index is 12.9. The van der Waals surface area contributed by atoms with Crippen LogP contribution in [0.1, 0.15) is 19.4 Å². The summed E-state index contributed by atoms with van der Waals surface area (Å²) in [6, 6.07) is 4.47. The quantitative estimate of drug-likeness (QED) is 0.812. The number of hydrogen-bond acceptors (Lipinski definition) is 3. The van der Waals surface area contributed by atoms with Gasteiger partial charge >= 0.3 is 6.18 Å².